The van der Waals surface area contributed by atoms with E-state index in [4.69, 9.17) is 4.74 Å². The molecule has 2 N–H and O–H groups in total. The number of H-pyrrole nitrogens is 1. The zero-order valence-corrected chi connectivity index (χ0v) is 11.9. The molecular formula is C12H16N4O2S. The van der Waals surface area contributed by atoms with Crippen LogP contribution in [0.1, 0.15) is 33.5 Å². The molecule has 6 nitrogen and oxygen atoms in total. The monoisotopic (exact) mass is 280 g/mol. The molecule has 0 aliphatic heterocycles. The van der Waals surface area contributed by atoms with E-state index < -0.39 is 0 Å². The molecular weight excluding hydrogens is 264 g/mol. The van der Waals surface area contributed by atoms with Crippen LogP contribution < -0.4 is 5.32 Å². The van der Waals surface area contributed by atoms with E-state index in [-0.39, 0.29) is 5.97 Å². The molecule has 2 heterocycles. The van der Waals surface area contributed by atoms with Crippen molar-refractivity contribution in [3.63, 3.8) is 0 Å². The van der Waals surface area contributed by atoms with E-state index in [1.807, 2.05) is 13.8 Å². The number of anilines is 1. The Morgan fingerprint density at radius 2 is 2.32 bits per heavy atom. The van der Waals surface area contributed by atoms with Crippen molar-refractivity contribution in [1.29, 1.82) is 0 Å². The first-order valence-electron chi connectivity index (χ1n) is 5.99. The molecule has 0 atom stereocenters. The first-order valence-corrected chi connectivity index (χ1v) is 6.80. The van der Waals surface area contributed by atoms with Crippen molar-refractivity contribution < 1.29 is 9.53 Å². The van der Waals surface area contributed by atoms with Crippen molar-refractivity contribution in [3.05, 3.63) is 28.0 Å². The molecule has 19 heavy (non-hydrogen) atoms. The summed E-state index contributed by atoms with van der Waals surface area (Å²) in [7, 11) is 0. The SMILES string of the molecule is CCOC(=O)c1nc(NCc2cn[nH]c2C)sc1C. The second-order valence-corrected chi connectivity index (χ2v) is 5.22. The number of carbonyl (C=O) groups excluding carboxylic acids is 1. The molecule has 0 unspecified atom stereocenters. The minimum absolute atomic E-state index is 0.354. The molecule has 0 spiro atoms. The lowest BCUT2D eigenvalue weighted by Crippen LogP contribution is -2.07. The number of esters is 1. The van der Waals surface area contributed by atoms with Gasteiger partial charge in [0.2, 0.25) is 0 Å². The Kier molecular flexibility index (Phi) is 4.16. The standard InChI is InChI=1S/C12H16N4O2S/c1-4-18-11(17)10-8(3)19-12(15-10)13-5-9-6-14-16-7(9)2/h6H,4-5H2,1-3H3,(H,13,15)(H,14,16). The molecule has 2 aromatic rings. The van der Waals surface area contributed by atoms with Crippen molar-refractivity contribution in [2.45, 2.75) is 27.3 Å². The molecule has 0 amide bonds. The van der Waals surface area contributed by atoms with Gasteiger partial charge in [-0.05, 0) is 20.8 Å². The maximum absolute atomic E-state index is 11.6. The van der Waals surface area contributed by atoms with Crippen LogP contribution in [0.2, 0.25) is 0 Å². The minimum Gasteiger partial charge on any atom is -0.461 e. The van der Waals surface area contributed by atoms with E-state index in [0.29, 0.717) is 24.0 Å². The highest BCUT2D eigenvalue weighted by Gasteiger charge is 2.16. The molecule has 0 saturated heterocycles. The highest BCUT2D eigenvalue weighted by Crippen LogP contribution is 2.23. The van der Waals surface area contributed by atoms with Gasteiger partial charge in [-0.2, -0.15) is 5.10 Å². The average Bonchev–Trinajstić information content (AvgIpc) is 2.93. The highest BCUT2D eigenvalue weighted by molar-refractivity contribution is 7.15. The minimum atomic E-state index is -0.371. The normalized spacial score (nSPS) is 10.5. The molecule has 2 rings (SSSR count). The number of ether oxygens (including phenoxy) is 1. The molecule has 7 heteroatoms. The summed E-state index contributed by atoms with van der Waals surface area (Å²) in [6, 6.07) is 0. The van der Waals surface area contributed by atoms with E-state index in [1.165, 1.54) is 11.3 Å². The lowest BCUT2D eigenvalue weighted by Gasteiger charge is -2.00. The third-order valence-corrected chi connectivity index (χ3v) is 3.56. The number of aryl methyl sites for hydroxylation is 2. The van der Waals surface area contributed by atoms with Gasteiger partial charge in [0, 0.05) is 22.7 Å². The van der Waals surface area contributed by atoms with Crippen LogP contribution in [0, 0.1) is 13.8 Å². The van der Waals surface area contributed by atoms with Crippen LogP contribution in [-0.4, -0.2) is 27.8 Å². The Morgan fingerprint density at radius 3 is 2.95 bits per heavy atom. The van der Waals surface area contributed by atoms with E-state index in [9.17, 15) is 4.79 Å². The average molecular weight is 280 g/mol. The van der Waals surface area contributed by atoms with Crippen LogP contribution in [0.25, 0.3) is 0 Å². The zero-order valence-electron chi connectivity index (χ0n) is 11.1. The molecule has 0 fully saturated rings. The van der Waals surface area contributed by atoms with E-state index in [2.05, 4.69) is 20.5 Å². The van der Waals surface area contributed by atoms with Crippen LogP contribution in [0.3, 0.4) is 0 Å². The molecule has 0 aliphatic carbocycles. The Hall–Kier alpha value is -1.89. The van der Waals surface area contributed by atoms with Crippen LogP contribution in [0.4, 0.5) is 5.13 Å². The lowest BCUT2D eigenvalue weighted by atomic mass is 10.3. The summed E-state index contributed by atoms with van der Waals surface area (Å²) in [5, 5.41) is 10.7. The van der Waals surface area contributed by atoms with Gasteiger partial charge in [-0.1, -0.05) is 0 Å². The van der Waals surface area contributed by atoms with Gasteiger partial charge in [-0.15, -0.1) is 11.3 Å². The Balaban J connectivity index is 2.04. The van der Waals surface area contributed by atoms with Crippen LogP contribution in [0.15, 0.2) is 6.20 Å². The molecule has 0 aliphatic rings. The number of hydrogen-bond donors (Lipinski definition) is 2. The first-order chi connectivity index (χ1) is 9.11. The van der Waals surface area contributed by atoms with Crippen LogP contribution in [0.5, 0.6) is 0 Å². The second-order valence-electron chi connectivity index (χ2n) is 4.02. The number of aromatic nitrogens is 3. The summed E-state index contributed by atoms with van der Waals surface area (Å²) < 4.78 is 4.95. The fourth-order valence-corrected chi connectivity index (χ4v) is 2.38. The number of carbonyl (C=O) groups is 1. The maximum Gasteiger partial charge on any atom is 0.358 e. The van der Waals surface area contributed by atoms with Crippen LogP contribution in [-0.2, 0) is 11.3 Å². The molecule has 0 bridgehead atoms. The van der Waals surface area contributed by atoms with Gasteiger partial charge in [-0.3, -0.25) is 5.10 Å². The number of aromatic amines is 1. The lowest BCUT2D eigenvalue weighted by molar-refractivity contribution is 0.0519. The molecule has 0 aromatic carbocycles. The number of rotatable bonds is 5. The fraction of sp³-hybridized carbons (Fsp3) is 0.417. The second kappa shape index (κ2) is 5.83. The van der Waals surface area contributed by atoms with Crippen molar-refractivity contribution >= 4 is 22.4 Å². The first kappa shape index (κ1) is 13.5. The van der Waals surface area contributed by atoms with Crippen molar-refractivity contribution in [1.82, 2.24) is 15.2 Å². The van der Waals surface area contributed by atoms with Gasteiger partial charge in [0.25, 0.3) is 0 Å². The number of nitrogens with zero attached hydrogens (tertiary/aromatic N) is 2. The van der Waals surface area contributed by atoms with Gasteiger partial charge >= 0.3 is 5.97 Å². The van der Waals surface area contributed by atoms with Crippen molar-refractivity contribution in [3.8, 4) is 0 Å². The predicted molar refractivity (Wildman–Crippen MR) is 73.5 cm³/mol. The summed E-state index contributed by atoms with van der Waals surface area (Å²) in [6.45, 7) is 6.57. The van der Waals surface area contributed by atoms with E-state index in [0.717, 1.165) is 16.1 Å². The largest absolute Gasteiger partial charge is 0.461 e. The quantitative estimate of drug-likeness (QED) is 0.821. The van der Waals surface area contributed by atoms with Crippen molar-refractivity contribution in [2.75, 3.05) is 11.9 Å². The number of hydrogen-bond acceptors (Lipinski definition) is 6. The molecule has 0 radical (unpaired) electrons. The summed E-state index contributed by atoms with van der Waals surface area (Å²) in [5.41, 5.74) is 2.48. The van der Waals surface area contributed by atoms with E-state index >= 15 is 0 Å². The summed E-state index contributed by atoms with van der Waals surface area (Å²) in [5.74, 6) is -0.371. The number of thiazole rings is 1. The number of nitrogens with one attached hydrogen (secondary N) is 2. The van der Waals surface area contributed by atoms with Gasteiger partial charge < -0.3 is 10.1 Å². The van der Waals surface area contributed by atoms with Gasteiger partial charge in [-0.25, -0.2) is 9.78 Å². The zero-order chi connectivity index (χ0) is 13.8. The summed E-state index contributed by atoms with van der Waals surface area (Å²) in [6.07, 6.45) is 1.77. The van der Waals surface area contributed by atoms with Gasteiger partial charge in [0.15, 0.2) is 10.8 Å². The fourth-order valence-electron chi connectivity index (χ4n) is 1.59. The third kappa shape index (κ3) is 3.11. The Bertz CT molecular complexity index is 576. The Labute approximate surface area is 115 Å². The predicted octanol–water partition coefficient (Wildman–Crippen LogP) is 2.27. The maximum atomic E-state index is 11.6. The smallest absolute Gasteiger partial charge is 0.358 e. The van der Waals surface area contributed by atoms with Gasteiger partial charge in [0.1, 0.15) is 0 Å². The molecule has 0 saturated carbocycles. The van der Waals surface area contributed by atoms with Gasteiger partial charge in [0.05, 0.1) is 12.8 Å². The van der Waals surface area contributed by atoms with E-state index in [1.54, 1.807) is 13.1 Å². The Morgan fingerprint density at radius 1 is 1.53 bits per heavy atom. The van der Waals surface area contributed by atoms with Crippen LogP contribution >= 0.6 is 11.3 Å². The summed E-state index contributed by atoms with van der Waals surface area (Å²) >= 11 is 1.44. The third-order valence-electron chi connectivity index (χ3n) is 2.63. The molecule has 2 aromatic heterocycles. The highest BCUT2D eigenvalue weighted by atomic mass is 32.1. The summed E-state index contributed by atoms with van der Waals surface area (Å²) in [4.78, 5) is 16.8. The topological polar surface area (TPSA) is 79.9 Å². The van der Waals surface area contributed by atoms with Crippen molar-refractivity contribution in [2.24, 2.45) is 0 Å². The molecule has 102 valence electrons.